The molecule has 2 aliphatic heterocycles. The average molecular weight is 373 g/mol. The fraction of sp³-hybridized carbons (Fsp3) is 0.625. The number of nitrogens with zero attached hydrogens (tertiary/aromatic N) is 3. The molecule has 1 N–H and O–H groups in total. The van der Waals surface area contributed by atoms with Gasteiger partial charge in [-0.05, 0) is 6.92 Å². The number of alkyl halides is 3. The van der Waals surface area contributed by atoms with Crippen molar-refractivity contribution in [3.05, 3.63) is 17.3 Å². The summed E-state index contributed by atoms with van der Waals surface area (Å²) in [5, 5.41) is 17.9. The van der Waals surface area contributed by atoms with Crippen LogP contribution in [0.3, 0.4) is 0 Å². The third kappa shape index (κ3) is 2.59. The van der Waals surface area contributed by atoms with Gasteiger partial charge in [0.2, 0.25) is 11.5 Å². The maximum atomic E-state index is 13.2. The van der Waals surface area contributed by atoms with E-state index in [0.717, 1.165) is 0 Å². The second-order valence-corrected chi connectivity index (χ2v) is 7.01. The molecule has 0 unspecified atom stereocenters. The summed E-state index contributed by atoms with van der Waals surface area (Å²) in [7, 11) is 0. The van der Waals surface area contributed by atoms with E-state index < -0.39 is 17.5 Å². The van der Waals surface area contributed by atoms with Crippen LogP contribution in [0.1, 0.15) is 31.0 Å². The SMILES string of the molecule is C[C@@H]1Cn2nc(OCC3COC3)cc2-c2onc([C@](C)(O)C(F)(F)F)c21. The molecule has 0 amide bonds. The lowest BCUT2D eigenvalue weighted by Crippen LogP contribution is -2.40. The molecule has 7 nitrogen and oxygen atoms in total. The van der Waals surface area contributed by atoms with Crippen LogP contribution in [0.2, 0.25) is 0 Å². The quantitative estimate of drug-likeness (QED) is 0.887. The monoisotopic (exact) mass is 373 g/mol. The van der Waals surface area contributed by atoms with Crippen LogP contribution in [-0.2, 0) is 16.9 Å². The van der Waals surface area contributed by atoms with E-state index in [-0.39, 0.29) is 17.2 Å². The number of rotatable bonds is 4. The maximum absolute atomic E-state index is 13.2. The zero-order chi connectivity index (χ0) is 18.7. The lowest BCUT2D eigenvalue weighted by Gasteiger charge is -2.27. The predicted molar refractivity (Wildman–Crippen MR) is 81.6 cm³/mol. The van der Waals surface area contributed by atoms with E-state index in [1.807, 2.05) is 0 Å². The Balaban J connectivity index is 1.68. The number of hydrogen-bond donors (Lipinski definition) is 1. The fourth-order valence-corrected chi connectivity index (χ4v) is 3.14. The second kappa shape index (κ2) is 5.71. The molecule has 1 saturated heterocycles. The van der Waals surface area contributed by atoms with Gasteiger partial charge < -0.3 is 19.1 Å². The van der Waals surface area contributed by atoms with Crippen LogP contribution in [0.5, 0.6) is 5.88 Å². The van der Waals surface area contributed by atoms with Gasteiger partial charge in [0.15, 0.2) is 5.76 Å². The van der Waals surface area contributed by atoms with E-state index in [9.17, 15) is 18.3 Å². The second-order valence-electron chi connectivity index (χ2n) is 7.01. The van der Waals surface area contributed by atoms with Gasteiger partial charge in [0.25, 0.3) is 0 Å². The lowest BCUT2D eigenvalue weighted by molar-refractivity contribution is -0.261. The normalized spacial score (nSPS) is 22.3. The van der Waals surface area contributed by atoms with E-state index in [0.29, 0.717) is 50.8 Å². The number of fused-ring (bicyclic) bond motifs is 3. The van der Waals surface area contributed by atoms with E-state index in [4.69, 9.17) is 14.0 Å². The minimum atomic E-state index is -4.87. The Morgan fingerprint density at radius 2 is 2.12 bits per heavy atom. The third-order valence-electron chi connectivity index (χ3n) is 4.84. The third-order valence-corrected chi connectivity index (χ3v) is 4.84. The van der Waals surface area contributed by atoms with Crippen molar-refractivity contribution in [3.63, 3.8) is 0 Å². The largest absolute Gasteiger partial charge is 0.476 e. The number of aromatic nitrogens is 3. The molecule has 4 heterocycles. The first-order valence-electron chi connectivity index (χ1n) is 8.26. The van der Waals surface area contributed by atoms with Gasteiger partial charge >= 0.3 is 6.18 Å². The molecule has 26 heavy (non-hydrogen) atoms. The van der Waals surface area contributed by atoms with Crippen molar-refractivity contribution in [2.24, 2.45) is 5.92 Å². The van der Waals surface area contributed by atoms with Crippen molar-refractivity contribution in [1.29, 1.82) is 0 Å². The van der Waals surface area contributed by atoms with Crippen LogP contribution in [0.15, 0.2) is 10.6 Å². The highest BCUT2D eigenvalue weighted by molar-refractivity contribution is 5.63. The van der Waals surface area contributed by atoms with Crippen molar-refractivity contribution in [2.45, 2.75) is 38.1 Å². The minimum absolute atomic E-state index is 0.178. The topological polar surface area (TPSA) is 82.5 Å². The van der Waals surface area contributed by atoms with Gasteiger partial charge in [-0.3, -0.25) is 4.68 Å². The first-order chi connectivity index (χ1) is 12.2. The van der Waals surface area contributed by atoms with E-state index in [1.165, 1.54) is 0 Å². The van der Waals surface area contributed by atoms with Gasteiger partial charge in [-0.1, -0.05) is 12.1 Å². The minimum Gasteiger partial charge on any atom is -0.476 e. The summed E-state index contributed by atoms with van der Waals surface area (Å²) in [6.45, 7) is 4.50. The summed E-state index contributed by atoms with van der Waals surface area (Å²) < 4.78 is 57.2. The molecule has 2 atom stereocenters. The van der Waals surface area contributed by atoms with Gasteiger partial charge in [0, 0.05) is 30.0 Å². The van der Waals surface area contributed by atoms with Crippen molar-refractivity contribution >= 4 is 0 Å². The molecule has 0 radical (unpaired) electrons. The van der Waals surface area contributed by atoms with Crippen molar-refractivity contribution < 1.29 is 32.3 Å². The Morgan fingerprint density at radius 1 is 1.38 bits per heavy atom. The van der Waals surface area contributed by atoms with Crippen LogP contribution < -0.4 is 4.74 Å². The van der Waals surface area contributed by atoms with Gasteiger partial charge in [0.1, 0.15) is 11.4 Å². The summed E-state index contributed by atoms with van der Waals surface area (Å²) in [5.74, 6) is 0.507. The number of halogens is 3. The van der Waals surface area contributed by atoms with Crippen LogP contribution in [0, 0.1) is 5.92 Å². The van der Waals surface area contributed by atoms with Crippen LogP contribution in [0.4, 0.5) is 13.2 Å². The fourth-order valence-electron chi connectivity index (χ4n) is 3.14. The lowest BCUT2D eigenvalue weighted by atomic mass is 9.88. The zero-order valence-electron chi connectivity index (χ0n) is 14.2. The summed E-state index contributed by atoms with van der Waals surface area (Å²) in [4.78, 5) is 0. The van der Waals surface area contributed by atoms with Crippen LogP contribution in [0.25, 0.3) is 11.5 Å². The van der Waals surface area contributed by atoms with Crippen LogP contribution >= 0.6 is 0 Å². The van der Waals surface area contributed by atoms with Crippen molar-refractivity contribution in [1.82, 2.24) is 14.9 Å². The average Bonchev–Trinajstić information content (AvgIpc) is 3.08. The van der Waals surface area contributed by atoms with Gasteiger partial charge in [-0.15, -0.1) is 5.10 Å². The Morgan fingerprint density at radius 3 is 2.73 bits per heavy atom. The van der Waals surface area contributed by atoms with E-state index in [2.05, 4.69) is 10.3 Å². The molecule has 0 aliphatic carbocycles. The molecule has 0 aromatic carbocycles. The highest BCUT2D eigenvalue weighted by Gasteiger charge is 2.55. The van der Waals surface area contributed by atoms with Gasteiger partial charge in [-0.2, -0.15) is 13.2 Å². The Hall–Kier alpha value is -2.07. The standard InChI is InChI=1S/C16H18F3N3O4/c1-8-4-22-10(3-11(20-22)25-7-9-5-24-6-9)13-12(8)14(21-26-13)15(2,23)16(17,18)19/h3,8-9,23H,4-7H2,1-2H3/t8-,15+/m1/s1. The molecule has 2 aromatic heterocycles. The molecule has 1 fully saturated rings. The van der Waals surface area contributed by atoms with Gasteiger partial charge in [-0.25, -0.2) is 0 Å². The molecule has 0 bridgehead atoms. The summed E-state index contributed by atoms with van der Waals surface area (Å²) in [6, 6.07) is 1.61. The smallest absolute Gasteiger partial charge is 0.422 e. The van der Waals surface area contributed by atoms with E-state index in [1.54, 1.807) is 17.7 Å². The van der Waals surface area contributed by atoms with Gasteiger partial charge in [0.05, 0.1) is 19.8 Å². The molecule has 142 valence electrons. The highest BCUT2D eigenvalue weighted by atomic mass is 19.4. The molecule has 0 saturated carbocycles. The van der Waals surface area contributed by atoms with Crippen molar-refractivity contribution in [3.8, 4) is 17.3 Å². The number of aliphatic hydroxyl groups is 1. The maximum Gasteiger partial charge on any atom is 0.422 e. The zero-order valence-corrected chi connectivity index (χ0v) is 14.2. The molecule has 2 aliphatic rings. The Labute approximate surface area is 146 Å². The Kier molecular flexibility index (Phi) is 3.81. The Bertz CT molecular complexity index is 823. The van der Waals surface area contributed by atoms with E-state index >= 15 is 0 Å². The molecule has 10 heteroatoms. The van der Waals surface area contributed by atoms with Crippen LogP contribution in [-0.4, -0.2) is 46.0 Å². The predicted octanol–water partition coefficient (Wildman–Crippen LogP) is 2.45. The number of hydrogen-bond acceptors (Lipinski definition) is 6. The molecular formula is C16H18F3N3O4. The summed E-state index contributed by atoms with van der Waals surface area (Å²) in [6.07, 6.45) is -4.87. The first-order valence-corrected chi connectivity index (χ1v) is 8.26. The molecule has 4 rings (SSSR count). The molecule has 2 aromatic rings. The molecular weight excluding hydrogens is 355 g/mol. The summed E-state index contributed by atoms with van der Waals surface area (Å²) in [5.41, 5.74) is -2.87. The van der Waals surface area contributed by atoms with Crippen molar-refractivity contribution in [2.75, 3.05) is 19.8 Å². The number of ether oxygens (including phenoxy) is 2. The highest BCUT2D eigenvalue weighted by Crippen LogP contribution is 2.46. The first kappa shape index (κ1) is 17.3. The molecule has 0 spiro atoms. The summed E-state index contributed by atoms with van der Waals surface area (Å²) >= 11 is 0.